The summed E-state index contributed by atoms with van der Waals surface area (Å²) in [6.45, 7) is 6.02. The first-order valence-corrected chi connectivity index (χ1v) is 7.08. The number of nitrogens with zero attached hydrogens (tertiary/aromatic N) is 2. The van der Waals surface area contributed by atoms with Gasteiger partial charge in [-0.05, 0) is 18.2 Å². The second-order valence-electron chi connectivity index (χ2n) is 6.04. The fourth-order valence-electron chi connectivity index (χ4n) is 1.79. The van der Waals surface area contributed by atoms with Crippen molar-refractivity contribution >= 4 is 11.6 Å². The molecule has 5 nitrogen and oxygen atoms in total. The first-order chi connectivity index (χ1) is 10.4. The van der Waals surface area contributed by atoms with Crippen molar-refractivity contribution in [2.24, 2.45) is 0 Å². The monoisotopic (exact) mass is 297 g/mol. The van der Waals surface area contributed by atoms with E-state index >= 15 is 0 Å². The van der Waals surface area contributed by atoms with Crippen LogP contribution in [0.15, 0.2) is 28.8 Å². The minimum Gasteiger partial charge on any atom is -0.339 e. The van der Waals surface area contributed by atoms with Gasteiger partial charge in [-0.25, -0.2) is 0 Å². The van der Waals surface area contributed by atoms with Crippen molar-refractivity contribution < 1.29 is 9.32 Å². The number of amides is 1. The van der Waals surface area contributed by atoms with Crippen LogP contribution >= 0.6 is 0 Å². The summed E-state index contributed by atoms with van der Waals surface area (Å²) >= 11 is 0. The first kappa shape index (κ1) is 15.8. The van der Waals surface area contributed by atoms with Gasteiger partial charge in [-0.15, -0.1) is 6.42 Å². The quantitative estimate of drug-likeness (QED) is 0.881. The van der Waals surface area contributed by atoms with E-state index in [0.29, 0.717) is 23.8 Å². The molecule has 0 aliphatic carbocycles. The molecule has 1 N–H and O–H groups in total. The van der Waals surface area contributed by atoms with E-state index in [4.69, 9.17) is 10.9 Å². The Labute approximate surface area is 130 Å². The highest BCUT2D eigenvalue weighted by atomic mass is 16.5. The zero-order valence-electron chi connectivity index (χ0n) is 13.0. The lowest BCUT2D eigenvalue weighted by Crippen LogP contribution is -2.14. The van der Waals surface area contributed by atoms with Crippen LogP contribution in [0.1, 0.15) is 44.5 Å². The fraction of sp³-hybridized carbons (Fsp3) is 0.353. The molecule has 0 aliphatic heterocycles. The number of aryl methyl sites for hydroxylation is 1. The number of nitrogens with one attached hydrogen (secondary N) is 1. The molecule has 114 valence electrons. The number of benzene rings is 1. The van der Waals surface area contributed by atoms with Crippen molar-refractivity contribution in [3.8, 4) is 12.3 Å². The van der Waals surface area contributed by atoms with Gasteiger partial charge in [-0.2, -0.15) is 4.98 Å². The molecule has 0 saturated carbocycles. The van der Waals surface area contributed by atoms with E-state index in [9.17, 15) is 4.79 Å². The first-order valence-electron chi connectivity index (χ1n) is 7.08. The number of hydrogen-bond acceptors (Lipinski definition) is 4. The van der Waals surface area contributed by atoms with E-state index in [1.165, 1.54) is 0 Å². The van der Waals surface area contributed by atoms with Crippen LogP contribution in [0.5, 0.6) is 0 Å². The topological polar surface area (TPSA) is 68.0 Å². The van der Waals surface area contributed by atoms with Gasteiger partial charge in [0.2, 0.25) is 11.8 Å². The molecular formula is C17H19N3O2. The Kier molecular flexibility index (Phi) is 4.62. The maximum Gasteiger partial charge on any atom is 0.227 e. The van der Waals surface area contributed by atoms with E-state index in [2.05, 4.69) is 21.4 Å². The molecule has 0 aliphatic rings. The molecular weight excluding hydrogens is 278 g/mol. The molecule has 0 saturated heterocycles. The van der Waals surface area contributed by atoms with Crippen molar-refractivity contribution in [3.63, 3.8) is 0 Å². The molecule has 1 aromatic heterocycles. The van der Waals surface area contributed by atoms with Crippen LogP contribution in [-0.4, -0.2) is 16.0 Å². The maximum atomic E-state index is 11.9. The number of aromatic nitrogens is 2. The van der Waals surface area contributed by atoms with Gasteiger partial charge in [-0.3, -0.25) is 4.79 Å². The van der Waals surface area contributed by atoms with Crippen molar-refractivity contribution in [1.29, 1.82) is 0 Å². The van der Waals surface area contributed by atoms with Crippen LogP contribution in [0.4, 0.5) is 5.69 Å². The maximum absolute atomic E-state index is 11.9. The lowest BCUT2D eigenvalue weighted by Gasteiger charge is -2.10. The Balaban J connectivity index is 1.90. The number of terminal acetylenes is 1. The summed E-state index contributed by atoms with van der Waals surface area (Å²) in [4.78, 5) is 16.2. The van der Waals surface area contributed by atoms with Gasteiger partial charge in [0, 0.05) is 29.5 Å². The Morgan fingerprint density at radius 3 is 2.82 bits per heavy atom. The van der Waals surface area contributed by atoms with E-state index < -0.39 is 0 Å². The minimum atomic E-state index is -0.167. The van der Waals surface area contributed by atoms with Crippen LogP contribution in [0.25, 0.3) is 0 Å². The van der Waals surface area contributed by atoms with Crippen molar-refractivity contribution in [2.75, 3.05) is 5.32 Å². The number of rotatable bonds is 4. The number of anilines is 1. The second-order valence-corrected chi connectivity index (χ2v) is 6.04. The molecule has 0 atom stereocenters. The molecule has 1 heterocycles. The van der Waals surface area contributed by atoms with E-state index in [1.54, 1.807) is 18.2 Å². The average Bonchev–Trinajstić information content (AvgIpc) is 2.94. The molecule has 2 rings (SSSR count). The zero-order valence-corrected chi connectivity index (χ0v) is 13.0. The number of carbonyl (C=O) groups excluding carboxylic acids is 1. The third-order valence-electron chi connectivity index (χ3n) is 3.02. The van der Waals surface area contributed by atoms with Crippen molar-refractivity contribution in [1.82, 2.24) is 10.1 Å². The molecule has 0 fully saturated rings. The summed E-state index contributed by atoms with van der Waals surface area (Å²) in [5.74, 6) is 3.52. The summed E-state index contributed by atoms with van der Waals surface area (Å²) < 4.78 is 5.16. The molecule has 0 unspecified atom stereocenters. The lowest BCUT2D eigenvalue weighted by atomic mass is 9.96. The van der Waals surface area contributed by atoms with Crippen molar-refractivity contribution in [2.45, 2.75) is 39.0 Å². The molecule has 0 spiro atoms. The third kappa shape index (κ3) is 4.19. The largest absolute Gasteiger partial charge is 0.339 e. The van der Waals surface area contributed by atoms with Crippen LogP contribution in [-0.2, 0) is 16.6 Å². The van der Waals surface area contributed by atoms with Crippen LogP contribution in [0, 0.1) is 12.3 Å². The zero-order chi connectivity index (χ0) is 16.2. The summed E-state index contributed by atoms with van der Waals surface area (Å²) in [6.07, 6.45) is 6.01. The minimum absolute atomic E-state index is 0.121. The Morgan fingerprint density at radius 1 is 1.41 bits per heavy atom. The SMILES string of the molecule is C#Cc1cccc(NC(=O)CCc2nc(C(C)(C)C)no2)c1. The highest BCUT2D eigenvalue weighted by molar-refractivity contribution is 5.90. The van der Waals surface area contributed by atoms with Gasteiger partial charge in [-0.1, -0.05) is 37.9 Å². The fourth-order valence-corrected chi connectivity index (χ4v) is 1.79. The Hall–Kier alpha value is -2.61. The molecule has 22 heavy (non-hydrogen) atoms. The summed E-state index contributed by atoms with van der Waals surface area (Å²) in [5.41, 5.74) is 1.24. The van der Waals surface area contributed by atoms with Crippen LogP contribution < -0.4 is 5.32 Å². The second kappa shape index (κ2) is 6.44. The van der Waals surface area contributed by atoms with Gasteiger partial charge in [0.05, 0.1) is 0 Å². The van der Waals surface area contributed by atoms with Gasteiger partial charge in [0.15, 0.2) is 5.82 Å². The molecule has 1 aromatic carbocycles. The van der Waals surface area contributed by atoms with Crippen molar-refractivity contribution in [3.05, 3.63) is 41.5 Å². The number of hydrogen-bond donors (Lipinski definition) is 1. The molecule has 0 radical (unpaired) electrons. The van der Waals surface area contributed by atoms with Gasteiger partial charge in [0.1, 0.15) is 0 Å². The molecule has 5 heteroatoms. The smallest absolute Gasteiger partial charge is 0.227 e. The van der Waals surface area contributed by atoms with Gasteiger partial charge in [0.25, 0.3) is 0 Å². The van der Waals surface area contributed by atoms with Crippen LogP contribution in [0.3, 0.4) is 0 Å². The summed E-state index contributed by atoms with van der Waals surface area (Å²) in [5, 5.41) is 6.73. The predicted molar refractivity (Wildman–Crippen MR) is 84.3 cm³/mol. The average molecular weight is 297 g/mol. The van der Waals surface area contributed by atoms with E-state index in [1.807, 2.05) is 26.8 Å². The third-order valence-corrected chi connectivity index (χ3v) is 3.02. The normalized spacial score (nSPS) is 11.0. The van der Waals surface area contributed by atoms with E-state index in [0.717, 1.165) is 5.56 Å². The number of carbonyl (C=O) groups is 1. The molecule has 0 bridgehead atoms. The van der Waals surface area contributed by atoms with Crippen LogP contribution in [0.2, 0.25) is 0 Å². The molecule has 1 amide bonds. The van der Waals surface area contributed by atoms with Gasteiger partial charge < -0.3 is 9.84 Å². The molecule has 2 aromatic rings. The Bertz CT molecular complexity index is 705. The summed E-state index contributed by atoms with van der Waals surface area (Å²) in [7, 11) is 0. The highest BCUT2D eigenvalue weighted by Crippen LogP contribution is 2.19. The van der Waals surface area contributed by atoms with Gasteiger partial charge >= 0.3 is 0 Å². The summed E-state index contributed by atoms with van der Waals surface area (Å²) in [6, 6.07) is 7.16. The Morgan fingerprint density at radius 2 is 2.18 bits per heavy atom. The standard InChI is InChI=1S/C17H19N3O2/c1-5-12-7-6-8-13(11-12)18-14(21)9-10-15-19-16(20-22-15)17(2,3)4/h1,6-8,11H,9-10H2,2-4H3,(H,18,21). The van der Waals surface area contributed by atoms with E-state index in [-0.39, 0.29) is 17.7 Å². The highest BCUT2D eigenvalue weighted by Gasteiger charge is 2.21. The predicted octanol–water partition coefficient (Wildman–Crippen LogP) is 2.92. The lowest BCUT2D eigenvalue weighted by molar-refractivity contribution is -0.116.